The van der Waals surface area contributed by atoms with Gasteiger partial charge in [0.05, 0.1) is 16.4 Å². The van der Waals surface area contributed by atoms with Gasteiger partial charge < -0.3 is 10.6 Å². The number of halogens is 5. The summed E-state index contributed by atoms with van der Waals surface area (Å²) in [6, 6.07) is 9.56. The minimum Gasteiger partial charge on any atom is -0.356 e. The summed E-state index contributed by atoms with van der Waals surface area (Å²) in [6.07, 6.45) is 1.37. The van der Waals surface area contributed by atoms with E-state index in [-0.39, 0.29) is 28.7 Å². The van der Waals surface area contributed by atoms with Gasteiger partial charge in [0.15, 0.2) is 5.78 Å². The van der Waals surface area contributed by atoms with E-state index in [1.54, 1.807) is 24.3 Å². The van der Waals surface area contributed by atoms with Crippen molar-refractivity contribution in [3.8, 4) is 0 Å². The maximum atomic E-state index is 13.0. The van der Waals surface area contributed by atoms with Gasteiger partial charge in [-0.2, -0.15) is 0 Å². The molecule has 0 aliphatic heterocycles. The molecule has 2 amide bonds. The predicted molar refractivity (Wildman–Crippen MR) is 137 cm³/mol. The van der Waals surface area contributed by atoms with Crippen molar-refractivity contribution in [2.75, 3.05) is 11.9 Å². The normalized spacial score (nSPS) is 21.5. The zero-order chi connectivity index (χ0) is 24.8. The Balaban J connectivity index is 1.48. The summed E-state index contributed by atoms with van der Waals surface area (Å²) < 4.78 is -1.33. The number of carbonyl (C=O) groups is 3. The van der Waals surface area contributed by atoms with Crippen molar-refractivity contribution in [1.29, 1.82) is 0 Å². The number of hydrogen-bond donors (Lipinski definition) is 2. The number of amides is 2. The van der Waals surface area contributed by atoms with Crippen LogP contribution >= 0.6 is 58.0 Å². The topological polar surface area (TPSA) is 75.3 Å². The third kappa shape index (κ3) is 5.05. The fraction of sp³-hybridized carbons (Fsp3) is 0.375. The first-order valence-electron chi connectivity index (χ1n) is 10.7. The Kier molecular flexibility index (Phi) is 7.16. The molecule has 34 heavy (non-hydrogen) atoms. The molecule has 0 saturated heterocycles. The monoisotopic (exact) mass is 560 g/mol. The lowest BCUT2D eigenvalue weighted by molar-refractivity contribution is -0.126. The number of nitrogens with one attached hydrogen (secondary N) is 2. The van der Waals surface area contributed by atoms with Gasteiger partial charge in [-0.1, -0.05) is 34.8 Å². The minimum absolute atomic E-state index is 0.0582. The zero-order valence-corrected chi connectivity index (χ0v) is 21.8. The van der Waals surface area contributed by atoms with E-state index in [1.165, 1.54) is 12.1 Å². The van der Waals surface area contributed by atoms with Crippen LogP contribution in [-0.2, 0) is 9.59 Å². The van der Waals surface area contributed by atoms with E-state index in [4.69, 9.17) is 58.0 Å². The molecule has 0 aromatic heterocycles. The summed E-state index contributed by atoms with van der Waals surface area (Å²) in [5.41, 5.74) is 0.604. The lowest BCUT2D eigenvalue weighted by Crippen LogP contribution is -2.33. The average molecular weight is 563 g/mol. The molecule has 2 saturated carbocycles. The molecule has 0 radical (unpaired) electrons. The molecule has 0 heterocycles. The summed E-state index contributed by atoms with van der Waals surface area (Å²) in [5.74, 6) is -2.02. The molecule has 2 N–H and O–H groups in total. The van der Waals surface area contributed by atoms with E-state index in [9.17, 15) is 14.4 Å². The second-order valence-electron chi connectivity index (χ2n) is 8.76. The summed E-state index contributed by atoms with van der Waals surface area (Å²) in [5, 5.41) is 6.63. The SMILES string of the molecule is CCNC(=O)C1(CC(=O)c2cc(NC(=O)C3C(c4cc(Cl)cc(Cl)c4)C3(Cl)Cl)ccc2Cl)CC1. The van der Waals surface area contributed by atoms with E-state index in [2.05, 4.69) is 10.6 Å². The quantitative estimate of drug-likeness (QED) is 0.279. The van der Waals surface area contributed by atoms with Crippen LogP contribution in [0.15, 0.2) is 36.4 Å². The van der Waals surface area contributed by atoms with Crippen molar-refractivity contribution in [3.05, 3.63) is 62.6 Å². The van der Waals surface area contributed by atoms with Crippen molar-refractivity contribution >= 4 is 81.3 Å². The van der Waals surface area contributed by atoms with Crippen LogP contribution < -0.4 is 10.6 Å². The number of carbonyl (C=O) groups excluding carboxylic acids is 3. The van der Waals surface area contributed by atoms with E-state index in [0.717, 1.165) is 0 Å². The Hall–Kier alpha value is -1.50. The van der Waals surface area contributed by atoms with Crippen LogP contribution in [0, 0.1) is 11.3 Å². The zero-order valence-electron chi connectivity index (χ0n) is 18.1. The molecule has 2 aromatic rings. The Labute approximate surface area is 222 Å². The Morgan fingerprint density at radius 1 is 1.00 bits per heavy atom. The fourth-order valence-electron chi connectivity index (χ4n) is 4.24. The van der Waals surface area contributed by atoms with Gasteiger partial charge in [-0.15, -0.1) is 23.2 Å². The van der Waals surface area contributed by atoms with Crippen LogP contribution in [0.4, 0.5) is 5.69 Å². The smallest absolute Gasteiger partial charge is 0.231 e. The maximum Gasteiger partial charge on any atom is 0.231 e. The van der Waals surface area contributed by atoms with Gasteiger partial charge >= 0.3 is 0 Å². The highest BCUT2D eigenvalue weighted by Crippen LogP contribution is 2.65. The van der Waals surface area contributed by atoms with E-state index in [0.29, 0.717) is 40.7 Å². The van der Waals surface area contributed by atoms with Crippen molar-refractivity contribution in [1.82, 2.24) is 5.32 Å². The summed E-state index contributed by atoms with van der Waals surface area (Å²) in [6.45, 7) is 2.34. The molecule has 2 unspecified atom stereocenters. The first-order valence-corrected chi connectivity index (χ1v) is 12.6. The second kappa shape index (κ2) is 9.51. The van der Waals surface area contributed by atoms with Gasteiger partial charge in [-0.05, 0) is 61.7 Å². The summed E-state index contributed by atoms with van der Waals surface area (Å²) in [7, 11) is 0. The maximum absolute atomic E-state index is 13.0. The van der Waals surface area contributed by atoms with Gasteiger partial charge in [0.2, 0.25) is 11.8 Å². The molecule has 10 heteroatoms. The summed E-state index contributed by atoms with van der Waals surface area (Å²) >= 11 is 31.3. The number of anilines is 1. The highest BCUT2D eigenvalue weighted by Gasteiger charge is 2.67. The van der Waals surface area contributed by atoms with Gasteiger partial charge in [-0.25, -0.2) is 0 Å². The first-order chi connectivity index (χ1) is 16.0. The second-order valence-corrected chi connectivity index (χ2v) is 11.5. The molecule has 2 fully saturated rings. The first kappa shape index (κ1) is 25.6. The lowest BCUT2D eigenvalue weighted by atomic mass is 9.94. The highest BCUT2D eigenvalue weighted by atomic mass is 35.5. The van der Waals surface area contributed by atoms with Crippen LogP contribution in [0.1, 0.15) is 48.0 Å². The number of benzene rings is 2. The Bertz CT molecular complexity index is 1160. The number of alkyl halides is 2. The standard InChI is InChI=1S/C24H21Cl5N2O3/c1-2-30-22(34)23(5-6-23)11-18(32)16-10-15(3-4-17(16)27)31-21(33)20-19(24(20,28)29)12-7-13(25)9-14(26)8-12/h3-4,7-10,19-20H,2,5-6,11H2,1H3,(H,30,34)(H,31,33). The molecule has 2 aromatic carbocycles. The lowest BCUT2D eigenvalue weighted by Gasteiger charge is -2.15. The predicted octanol–water partition coefficient (Wildman–Crippen LogP) is 6.66. The van der Waals surface area contributed by atoms with Gasteiger partial charge in [0.1, 0.15) is 4.33 Å². The molecule has 2 atom stereocenters. The number of hydrogen-bond acceptors (Lipinski definition) is 3. The van der Waals surface area contributed by atoms with Crippen LogP contribution in [0.25, 0.3) is 0 Å². The third-order valence-corrected chi connectivity index (χ3v) is 7.99. The average Bonchev–Trinajstić information content (AvgIpc) is 3.64. The van der Waals surface area contributed by atoms with Gasteiger partial charge in [0, 0.05) is 40.2 Å². The largest absolute Gasteiger partial charge is 0.356 e. The summed E-state index contributed by atoms with van der Waals surface area (Å²) in [4.78, 5) is 38.3. The number of ketones is 1. The molecule has 0 spiro atoms. The van der Waals surface area contributed by atoms with Crippen LogP contribution in [-0.4, -0.2) is 28.5 Å². The van der Waals surface area contributed by atoms with E-state index in [1.807, 2.05) is 6.92 Å². The van der Waals surface area contributed by atoms with Gasteiger partial charge in [-0.3, -0.25) is 14.4 Å². The van der Waals surface area contributed by atoms with E-state index < -0.39 is 27.5 Å². The molecular weight excluding hydrogens is 542 g/mol. The van der Waals surface area contributed by atoms with Crippen molar-refractivity contribution in [2.24, 2.45) is 11.3 Å². The van der Waals surface area contributed by atoms with Crippen LogP contribution in [0.3, 0.4) is 0 Å². The molecular formula is C24H21Cl5N2O3. The number of rotatable bonds is 8. The van der Waals surface area contributed by atoms with Crippen molar-refractivity contribution < 1.29 is 14.4 Å². The van der Waals surface area contributed by atoms with Gasteiger partial charge in [0.25, 0.3) is 0 Å². The molecule has 4 rings (SSSR count). The molecule has 2 aliphatic carbocycles. The van der Waals surface area contributed by atoms with Crippen LogP contribution in [0.2, 0.25) is 15.1 Å². The molecule has 5 nitrogen and oxygen atoms in total. The minimum atomic E-state index is -1.33. The van der Waals surface area contributed by atoms with Crippen molar-refractivity contribution in [3.63, 3.8) is 0 Å². The third-order valence-electron chi connectivity index (χ3n) is 6.29. The van der Waals surface area contributed by atoms with E-state index >= 15 is 0 Å². The van der Waals surface area contributed by atoms with Crippen LogP contribution in [0.5, 0.6) is 0 Å². The highest BCUT2D eigenvalue weighted by molar-refractivity contribution is 6.53. The molecule has 0 bridgehead atoms. The number of Topliss-reactive ketones (excluding diaryl/α,β-unsaturated/α-hetero) is 1. The molecule has 180 valence electrons. The van der Waals surface area contributed by atoms with Crippen molar-refractivity contribution in [2.45, 2.75) is 36.4 Å². The fourth-order valence-corrected chi connectivity index (χ4v) is 5.84. The Morgan fingerprint density at radius 3 is 2.24 bits per heavy atom. The molecule has 2 aliphatic rings. The Morgan fingerprint density at radius 2 is 1.65 bits per heavy atom.